The van der Waals surface area contributed by atoms with Gasteiger partial charge in [0.2, 0.25) is 5.91 Å². The topological polar surface area (TPSA) is 65.1 Å². The fourth-order valence-corrected chi connectivity index (χ4v) is 2.00. The summed E-state index contributed by atoms with van der Waals surface area (Å²) in [5, 5.41) is 13.5. The molecule has 96 valence electrons. The molecule has 0 aliphatic heterocycles. The summed E-state index contributed by atoms with van der Waals surface area (Å²) in [6.07, 6.45) is 1.64. The fraction of sp³-hybridized carbons (Fsp3) is 0.308. The largest absolute Gasteiger partial charge is 0.384 e. The SMILES string of the molecule is CC(O)C(=O)NCCc1c[nH]c2ccc(Cl)cc12. The highest BCUT2D eigenvalue weighted by Gasteiger charge is 2.08. The van der Waals surface area contributed by atoms with E-state index in [-0.39, 0.29) is 5.91 Å². The van der Waals surface area contributed by atoms with Crippen LogP contribution in [0.4, 0.5) is 0 Å². The van der Waals surface area contributed by atoms with Crippen LogP contribution in [0.3, 0.4) is 0 Å². The molecule has 1 aromatic heterocycles. The van der Waals surface area contributed by atoms with E-state index in [0.29, 0.717) is 18.0 Å². The number of aromatic nitrogens is 1. The Morgan fingerprint density at radius 3 is 3.06 bits per heavy atom. The molecule has 0 spiro atoms. The summed E-state index contributed by atoms with van der Waals surface area (Å²) in [7, 11) is 0. The van der Waals surface area contributed by atoms with Crippen molar-refractivity contribution in [3.05, 3.63) is 35.0 Å². The quantitative estimate of drug-likeness (QED) is 0.791. The lowest BCUT2D eigenvalue weighted by atomic mass is 10.1. The number of hydrogen-bond donors (Lipinski definition) is 3. The average Bonchev–Trinajstić information content (AvgIpc) is 2.71. The molecule has 0 saturated carbocycles. The van der Waals surface area contributed by atoms with E-state index in [2.05, 4.69) is 10.3 Å². The molecular weight excluding hydrogens is 252 g/mol. The van der Waals surface area contributed by atoms with Gasteiger partial charge in [-0.2, -0.15) is 0 Å². The van der Waals surface area contributed by atoms with Crippen LogP contribution in [0.2, 0.25) is 5.02 Å². The zero-order valence-electron chi connectivity index (χ0n) is 10.0. The van der Waals surface area contributed by atoms with Crippen molar-refractivity contribution in [2.24, 2.45) is 0 Å². The first-order chi connectivity index (χ1) is 8.58. The van der Waals surface area contributed by atoms with Gasteiger partial charge in [0.15, 0.2) is 0 Å². The highest BCUT2D eigenvalue weighted by molar-refractivity contribution is 6.31. The molecule has 1 amide bonds. The Morgan fingerprint density at radius 2 is 2.33 bits per heavy atom. The van der Waals surface area contributed by atoms with E-state index >= 15 is 0 Å². The Hall–Kier alpha value is -1.52. The molecule has 1 atom stereocenters. The van der Waals surface area contributed by atoms with Gasteiger partial charge < -0.3 is 15.4 Å². The van der Waals surface area contributed by atoms with E-state index in [0.717, 1.165) is 16.5 Å². The molecule has 1 heterocycles. The molecule has 1 aromatic carbocycles. The van der Waals surface area contributed by atoms with Crippen molar-refractivity contribution in [2.75, 3.05) is 6.54 Å². The van der Waals surface area contributed by atoms with Crippen molar-refractivity contribution in [3.63, 3.8) is 0 Å². The van der Waals surface area contributed by atoms with Gasteiger partial charge in [0.05, 0.1) is 0 Å². The van der Waals surface area contributed by atoms with Crippen LogP contribution in [-0.2, 0) is 11.2 Å². The number of aliphatic hydroxyl groups is 1. The van der Waals surface area contributed by atoms with E-state index < -0.39 is 6.10 Å². The van der Waals surface area contributed by atoms with E-state index in [4.69, 9.17) is 16.7 Å². The third-order valence-electron chi connectivity index (χ3n) is 2.80. The van der Waals surface area contributed by atoms with E-state index in [1.807, 2.05) is 24.4 Å². The Morgan fingerprint density at radius 1 is 1.56 bits per heavy atom. The van der Waals surface area contributed by atoms with Crippen molar-refractivity contribution in [3.8, 4) is 0 Å². The van der Waals surface area contributed by atoms with Gasteiger partial charge in [-0.1, -0.05) is 11.6 Å². The number of nitrogens with one attached hydrogen (secondary N) is 2. The first-order valence-corrected chi connectivity index (χ1v) is 6.17. The van der Waals surface area contributed by atoms with E-state index in [9.17, 15) is 4.79 Å². The summed E-state index contributed by atoms with van der Waals surface area (Å²) >= 11 is 5.96. The van der Waals surface area contributed by atoms with Gasteiger partial charge in [0.25, 0.3) is 0 Å². The number of benzene rings is 1. The number of fused-ring (bicyclic) bond motifs is 1. The number of hydrogen-bond acceptors (Lipinski definition) is 2. The number of amides is 1. The van der Waals surface area contributed by atoms with Crippen LogP contribution in [0, 0.1) is 0 Å². The molecular formula is C13H15ClN2O2. The normalized spacial score (nSPS) is 12.6. The van der Waals surface area contributed by atoms with Gasteiger partial charge in [0.1, 0.15) is 6.10 Å². The van der Waals surface area contributed by atoms with Gasteiger partial charge in [0, 0.05) is 28.7 Å². The van der Waals surface area contributed by atoms with Gasteiger partial charge >= 0.3 is 0 Å². The van der Waals surface area contributed by atoms with Crippen LogP contribution in [-0.4, -0.2) is 28.6 Å². The Bertz CT molecular complexity index is 563. The summed E-state index contributed by atoms with van der Waals surface area (Å²) in [6, 6.07) is 5.66. The van der Waals surface area contributed by atoms with Crippen molar-refractivity contribution in [1.82, 2.24) is 10.3 Å². The number of carbonyl (C=O) groups is 1. The van der Waals surface area contributed by atoms with Crippen LogP contribution in [0.5, 0.6) is 0 Å². The summed E-state index contributed by atoms with van der Waals surface area (Å²) in [5.41, 5.74) is 2.12. The third-order valence-corrected chi connectivity index (χ3v) is 3.04. The molecule has 5 heteroatoms. The molecule has 2 rings (SSSR count). The Labute approximate surface area is 110 Å². The highest BCUT2D eigenvalue weighted by atomic mass is 35.5. The molecule has 0 aliphatic carbocycles. The zero-order chi connectivity index (χ0) is 13.1. The smallest absolute Gasteiger partial charge is 0.248 e. The number of H-pyrrole nitrogens is 1. The van der Waals surface area contributed by atoms with E-state index in [1.165, 1.54) is 6.92 Å². The lowest BCUT2D eigenvalue weighted by Gasteiger charge is -2.06. The van der Waals surface area contributed by atoms with Gasteiger partial charge in [-0.05, 0) is 37.1 Å². The van der Waals surface area contributed by atoms with Crippen LogP contribution in [0.25, 0.3) is 10.9 Å². The maximum Gasteiger partial charge on any atom is 0.248 e. The van der Waals surface area contributed by atoms with Crippen molar-refractivity contribution >= 4 is 28.4 Å². The maximum atomic E-state index is 11.2. The number of halogens is 1. The summed E-state index contributed by atoms with van der Waals surface area (Å²) in [6.45, 7) is 1.93. The zero-order valence-corrected chi connectivity index (χ0v) is 10.8. The van der Waals surface area contributed by atoms with Gasteiger partial charge in [-0.25, -0.2) is 0 Å². The maximum absolute atomic E-state index is 11.2. The first kappa shape index (κ1) is 12.9. The molecule has 0 aliphatic rings. The second-order valence-corrected chi connectivity index (χ2v) is 4.66. The number of aromatic amines is 1. The van der Waals surface area contributed by atoms with Crippen molar-refractivity contribution in [2.45, 2.75) is 19.4 Å². The second-order valence-electron chi connectivity index (χ2n) is 4.22. The molecule has 1 unspecified atom stereocenters. The van der Waals surface area contributed by atoms with Gasteiger partial charge in [-0.15, -0.1) is 0 Å². The number of carbonyl (C=O) groups excluding carboxylic acids is 1. The summed E-state index contributed by atoms with van der Waals surface area (Å²) < 4.78 is 0. The first-order valence-electron chi connectivity index (χ1n) is 5.79. The van der Waals surface area contributed by atoms with Crippen LogP contribution >= 0.6 is 11.6 Å². The fourth-order valence-electron chi connectivity index (χ4n) is 1.83. The Balaban J connectivity index is 2.04. The predicted molar refractivity (Wildman–Crippen MR) is 71.7 cm³/mol. The average molecular weight is 267 g/mol. The number of aliphatic hydroxyl groups excluding tert-OH is 1. The molecule has 3 N–H and O–H groups in total. The van der Waals surface area contributed by atoms with Crippen molar-refractivity contribution in [1.29, 1.82) is 0 Å². The minimum absolute atomic E-state index is 0.354. The van der Waals surface area contributed by atoms with Gasteiger partial charge in [-0.3, -0.25) is 4.79 Å². The molecule has 0 radical (unpaired) electrons. The highest BCUT2D eigenvalue weighted by Crippen LogP contribution is 2.22. The summed E-state index contributed by atoms with van der Waals surface area (Å²) in [4.78, 5) is 14.4. The minimum Gasteiger partial charge on any atom is -0.384 e. The lowest BCUT2D eigenvalue weighted by Crippen LogP contribution is -2.33. The predicted octanol–water partition coefficient (Wildman–Crippen LogP) is 1.86. The third kappa shape index (κ3) is 2.83. The van der Waals surface area contributed by atoms with Crippen molar-refractivity contribution < 1.29 is 9.90 Å². The summed E-state index contributed by atoms with van der Waals surface area (Å²) in [5.74, 6) is -0.354. The van der Waals surface area contributed by atoms with E-state index in [1.54, 1.807) is 0 Å². The second kappa shape index (κ2) is 5.42. The van der Waals surface area contributed by atoms with Crippen LogP contribution in [0.1, 0.15) is 12.5 Å². The number of rotatable bonds is 4. The molecule has 18 heavy (non-hydrogen) atoms. The molecule has 2 aromatic rings. The standard InChI is InChI=1S/C13H15ClN2O2/c1-8(17)13(18)15-5-4-9-7-16-12-3-2-10(14)6-11(9)12/h2-3,6-8,16-17H,4-5H2,1H3,(H,15,18). The minimum atomic E-state index is -0.970. The lowest BCUT2D eigenvalue weighted by molar-refractivity contribution is -0.128. The van der Waals surface area contributed by atoms with Crippen LogP contribution < -0.4 is 5.32 Å². The molecule has 4 nitrogen and oxygen atoms in total. The Kier molecular flexibility index (Phi) is 3.89. The molecule has 0 fully saturated rings. The van der Waals surface area contributed by atoms with Crippen LogP contribution in [0.15, 0.2) is 24.4 Å². The molecule has 0 saturated heterocycles. The monoisotopic (exact) mass is 266 g/mol. The molecule has 0 bridgehead atoms.